The first-order chi connectivity index (χ1) is 8.36. The molecule has 0 atom stereocenters. The van der Waals surface area contributed by atoms with E-state index < -0.39 is 17.3 Å². The lowest BCUT2D eigenvalue weighted by molar-refractivity contribution is -0.138. The van der Waals surface area contributed by atoms with Crippen LogP contribution in [-0.4, -0.2) is 14.8 Å². The molecule has 5 nitrogen and oxygen atoms in total. The van der Waals surface area contributed by atoms with Crippen molar-refractivity contribution in [3.63, 3.8) is 0 Å². The van der Waals surface area contributed by atoms with Crippen molar-refractivity contribution < 1.29 is 13.2 Å². The standard InChI is InChI=1S/C9H7F3N4OS/c10-9(11,12)5-1-2-7(17)16(3-5)4-6-14-15-8(13)18-6/h1-3H,4H2,(H2,13,15). The zero-order valence-corrected chi connectivity index (χ0v) is 9.63. The van der Waals surface area contributed by atoms with E-state index in [1.807, 2.05) is 0 Å². The van der Waals surface area contributed by atoms with Crippen LogP contribution in [0.1, 0.15) is 10.6 Å². The minimum Gasteiger partial charge on any atom is -0.374 e. The molecule has 2 aromatic heterocycles. The van der Waals surface area contributed by atoms with E-state index in [0.717, 1.165) is 34.2 Å². The Labute approximate surface area is 103 Å². The maximum atomic E-state index is 12.5. The number of alkyl halides is 3. The Hall–Kier alpha value is -1.90. The van der Waals surface area contributed by atoms with E-state index in [2.05, 4.69) is 10.2 Å². The van der Waals surface area contributed by atoms with Crippen LogP contribution in [0, 0.1) is 0 Å². The minimum absolute atomic E-state index is 0.0857. The Bertz CT molecular complexity index is 619. The summed E-state index contributed by atoms with van der Waals surface area (Å²) in [5, 5.41) is 7.74. The zero-order chi connectivity index (χ0) is 13.3. The highest BCUT2D eigenvalue weighted by atomic mass is 32.1. The molecule has 2 N–H and O–H groups in total. The van der Waals surface area contributed by atoms with E-state index in [1.54, 1.807) is 0 Å². The summed E-state index contributed by atoms with van der Waals surface area (Å²) in [5.41, 5.74) is 3.91. The van der Waals surface area contributed by atoms with Crippen LogP contribution < -0.4 is 11.3 Å². The van der Waals surface area contributed by atoms with Gasteiger partial charge in [-0.1, -0.05) is 11.3 Å². The second kappa shape index (κ2) is 4.41. The van der Waals surface area contributed by atoms with Crippen LogP contribution in [0.3, 0.4) is 0 Å². The second-order valence-corrected chi connectivity index (χ2v) is 4.51. The Morgan fingerprint density at radius 1 is 1.33 bits per heavy atom. The molecule has 96 valence electrons. The Kier molecular flexibility index (Phi) is 3.07. The summed E-state index contributed by atoms with van der Waals surface area (Å²) in [6, 6.07) is 1.61. The van der Waals surface area contributed by atoms with Crippen molar-refractivity contribution in [1.29, 1.82) is 0 Å². The number of anilines is 1. The number of halogens is 3. The molecule has 0 saturated carbocycles. The topological polar surface area (TPSA) is 73.8 Å². The molecular formula is C9H7F3N4OS. The van der Waals surface area contributed by atoms with Crippen molar-refractivity contribution in [1.82, 2.24) is 14.8 Å². The van der Waals surface area contributed by atoms with Gasteiger partial charge in [-0.25, -0.2) is 0 Å². The molecule has 2 aromatic rings. The summed E-state index contributed by atoms with van der Waals surface area (Å²) in [4.78, 5) is 11.4. The first kappa shape index (κ1) is 12.6. The summed E-state index contributed by atoms with van der Waals surface area (Å²) in [5.74, 6) is 0. The lowest BCUT2D eigenvalue weighted by atomic mass is 10.3. The van der Waals surface area contributed by atoms with Gasteiger partial charge >= 0.3 is 6.18 Å². The molecule has 0 spiro atoms. The summed E-state index contributed by atoms with van der Waals surface area (Å²) in [6.07, 6.45) is -3.74. The first-order valence-corrected chi connectivity index (χ1v) is 5.53. The van der Waals surface area contributed by atoms with Crippen LogP contribution in [0.4, 0.5) is 18.3 Å². The fraction of sp³-hybridized carbons (Fsp3) is 0.222. The number of rotatable bonds is 2. The SMILES string of the molecule is Nc1nnc(Cn2cc(C(F)(F)F)ccc2=O)s1. The predicted molar refractivity (Wildman–Crippen MR) is 59.1 cm³/mol. The average Bonchev–Trinajstić information content (AvgIpc) is 2.66. The molecule has 0 bridgehead atoms. The Morgan fingerprint density at radius 3 is 2.61 bits per heavy atom. The fourth-order valence-electron chi connectivity index (χ4n) is 1.30. The van der Waals surface area contributed by atoms with E-state index in [-0.39, 0.29) is 11.7 Å². The monoisotopic (exact) mass is 276 g/mol. The maximum Gasteiger partial charge on any atom is 0.417 e. The number of hydrogen-bond donors (Lipinski definition) is 1. The van der Waals surface area contributed by atoms with Gasteiger partial charge in [-0.05, 0) is 6.07 Å². The second-order valence-electron chi connectivity index (χ2n) is 3.42. The molecule has 0 amide bonds. The molecule has 0 aliphatic carbocycles. The number of nitrogen functional groups attached to an aromatic ring is 1. The van der Waals surface area contributed by atoms with Gasteiger partial charge in [0.05, 0.1) is 12.1 Å². The van der Waals surface area contributed by atoms with Crippen LogP contribution >= 0.6 is 11.3 Å². The average molecular weight is 276 g/mol. The molecule has 0 aliphatic heterocycles. The molecule has 2 heterocycles. The van der Waals surface area contributed by atoms with Crippen LogP contribution in [-0.2, 0) is 12.7 Å². The smallest absolute Gasteiger partial charge is 0.374 e. The third kappa shape index (κ3) is 2.67. The van der Waals surface area contributed by atoms with Crippen LogP contribution in [0.25, 0.3) is 0 Å². The molecule has 0 unspecified atom stereocenters. The van der Waals surface area contributed by atoms with Crippen molar-refractivity contribution in [2.75, 3.05) is 5.73 Å². The third-order valence-corrected chi connectivity index (χ3v) is 2.84. The summed E-state index contributed by atoms with van der Waals surface area (Å²) in [7, 11) is 0. The van der Waals surface area contributed by atoms with Crippen molar-refractivity contribution in [2.45, 2.75) is 12.7 Å². The highest BCUT2D eigenvalue weighted by Gasteiger charge is 2.31. The van der Waals surface area contributed by atoms with Crippen LogP contribution in [0.5, 0.6) is 0 Å². The summed E-state index contributed by atoms with van der Waals surface area (Å²) in [6.45, 7) is -0.0857. The highest BCUT2D eigenvalue weighted by molar-refractivity contribution is 7.15. The predicted octanol–water partition coefficient (Wildman–Crippen LogP) is 1.35. The van der Waals surface area contributed by atoms with E-state index in [0.29, 0.717) is 5.01 Å². The number of nitrogens with zero attached hydrogens (tertiary/aromatic N) is 3. The maximum absolute atomic E-state index is 12.5. The van der Waals surface area contributed by atoms with Gasteiger partial charge in [-0.15, -0.1) is 10.2 Å². The normalized spacial score (nSPS) is 11.7. The number of pyridine rings is 1. The highest BCUT2D eigenvalue weighted by Crippen LogP contribution is 2.28. The molecule has 0 fully saturated rings. The van der Waals surface area contributed by atoms with Gasteiger partial charge in [-0.2, -0.15) is 13.2 Å². The molecule has 18 heavy (non-hydrogen) atoms. The van der Waals surface area contributed by atoms with E-state index >= 15 is 0 Å². The number of aromatic nitrogens is 3. The van der Waals surface area contributed by atoms with Gasteiger partial charge in [-0.3, -0.25) is 4.79 Å². The van der Waals surface area contributed by atoms with Crippen molar-refractivity contribution in [3.8, 4) is 0 Å². The van der Waals surface area contributed by atoms with Crippen LogP contribution in [0.15, 0.2) is 23.1 Å². The van der Waals surface area contributed by atoms with Crippen molar-refractivity contribution in [2.24, 2.45) is 0 Å². The fourth-order valence-corrected chi connectivity index (χ4v) is 1.91. The van der Waals surface area contributed by atoms with E-state index in [9.17, 15) is 18.0 Å². The Morgan fingerprint density at radius 2 is 2.06 bits per heavy atom. The Balaban J connectivity index is 2.35. The van der Waals surface area contributed by atoms with Gasteiger partial charge in [0.15, 0.2) is 0 Å². The first-order valence-electron chi connectivity index (χ1n) is 4.72. The lowest BCUT2D eigenvalue weighted by Gasteiger charge is -2.09. The van der Waals surface area contributed by atoms with Gasteiger partial charge in [0.2, 0.25) is 5.13 Å². The largest absolute Gasteiger partial charge is 0.417 e. The molecule has 9 heteroatoms. The quantitative estimate of drug-likeness (QED) is 0.898. The van der Waals surface area contributed by atoms with Crippen molar-refractivity contribution >= 4 is 16.5 Å². The molecular weight excluding hydrogens is 269 g/mol. The van der Waals surface area contributed by atoms with Gasteiger partial charge in [0.1, 0.15) is 5.01 Å². The van der Waals surface area contributed by atoms with E-state index in [4.69, 9.17) is 5.73 Å². The van der Waals surface area contributed by atoms with Gasteiger partial charge < -0.3 is 10.3 Å². The summed E-state index contributed by atoms with van der Waals surface area (Å²) < 4.78 is 38.4. The van der Waals surface area contributed by atoms with Crippen LogP contribution in [0.2, 0.25) is 0 Å². The molecule has 0 saturated heterocycles. The van der Waals surface area contributed by atoms with Gasteiger partial charge in [0, 0.05) is 12.3 Å². The minimum atomic E-state index is -4.49. The lowest BCUT2D eigenvalue weighted by Crippen LogP contribution is -2.21. The number of hydrogen-bond acceptors (Lipinski definition) is 5. The summed E-state index contributed by atoms with van der Waals surface area (Å²) >= 11 is 1.02. The van der Waals surface area contributed by atoms with E-state index in [1.165, 1.54) is 0 Å². The zero-order valence-electron chi connectivity index (χ0n) is 8.81. The molecule has 0 aromatic carbocycles. The van der Waals surface area contributed by atoms with Crippen molar-refractivity contribution in [3.05, 3.63) is 39.3 Å². The third-order valence-electron chi connectivity index (χ3n) is 2.10. The molecule has 0 radical (unpaired) electrons. The van der Waals surface area contributed by atoms with Gasteiger partial charge in [0.25, 0.3) is 5.56 Å². The number of nitrogens with two attached hydrogens (primary N) is 1. The molecule has 0 aliphatic rings. The molecule has 2 rings (SSSR count).